The van der Waals surface area contributed by atoms with Crippen molar-refractivity contribution in [2.75, 3.05) is 6.54 Å². The summed E-state index contributed by atoms with van der Waals surface area (Å²) in [6.07, 6.45) is 4.61. The fourth-order valence-corrected chi connectivity index (χ4v) is 2.45. The Bertz CT molecular complexity index is 313. The molecule has 0 radical (unpaired) electrons. The first-order valence-corrected chi connectivity index (χ1v) is 7.36. The van der Waals surface area contributed by atoms with E-state index in [-0.39, 0.29) is 23.3 Å². The van der Waals surface area contributed by atoms with Gasteiger partial charge in [-0.2, -0.15) is 0 Å². The Morgan fingerprint density at radius 1 is 1.11 bits per heavy atom. The third-order valence-corrected chi connectivity index (χ3v) is 3.55. The number of hydrogen-bond donors (Lipinski definition) is 2. The van der Waals surface area contributed by atoms with Gasteiger partial charge in [0.1, 0.15) is 0 Å². The van der Waals surface area contributed by atoms with Crippen LogP contribution < -0.4 is 10.6 Å². The highest BCUT2D eigenvalue weighted by atomic mass is 16.2. The van der Waals surface area contributed by atoms with E-state index < -0.39 is 0 Å². The zero-order chi connectivity index (χ0) is 14.5. The molecule has 110 valence electrons. The highest BCUT2D eigenvalue weighted by molar-refractivity contribution is 5.80. The summed E-state index contributed by atoms with van der Waals surface area (Å²) in [5, 5.41) is 5.77. The van der Waals surface area contributed by atoms with Gasteiger partial charge in [0.2, 0.25) is 11.8 Å². The zero-order valence-electron chi connectivity index (χ0n) is 12.7. The third-order valence-electron chi connectivity index (χ3n) is 3.55. The lowest BCUT2D eigenvalue weighted by Crippen LogP contribution is -2.42. The Labute approximate surface area is 116 Å². The molecule has 19 heavy (non-hydrogen) atoms. The van der Waals surface area contributed by atoms with E-state index in [2.05, 4.69) is 17.6 Å². The molecule has 0 bridgehead atoms. The van der Waals surface area contributed by atoms with Crippen LogP contribution in [0.1, 0.15) is 59.8 Å². The molecular weight excluding hydrogens is 240 g/mol. The van der Waals surface area contributed by atoms with Gasteiger partial charge in [0, 0.05) is 24.4 Å². The van der Waals surface area contributed by atoms with Gasteiger partial charge in [0.05, 0.1) is 0 Å². The lowest BCUT2D eigenvalue weighted by Gasteiger charge is -2.25. The van der Waals surface area contributed by atoms with Gasteiger partial charge < -0.3 is 10.6 Å². The largest absolute Gasteiger partial charge is 0.355 e. The Morgan fingerprint density at radius 3 is 2.21 bits per heavy atom. The van der Waals surface area contributed by atoms with Crippen LogP contribution in [-0.2, 0) is 9.59 Å². The number of carbonyl (C=O) groups is 2. The molecule has 0 unspecified atom stereocenters. The van der Waals surface area contributed by atoms with Crippen molar-refractivity contribution >= 4 is 11.8 Å². The number of amides is 2. The SMILES string of the molecule is CC1CCC(C(=O)NCCC(=O)NC(C)(C)C)CC1. The van der Waals surface area contributed by atoms with E-state index in [1.807, 2.05) is 20.8 Å². The lowest BCUT2D eigenvalue weighted by molar-refractivity contribution is -0.126. The van der Waals surface area contributed by atoms with E-state index in [4.69, 9.17) is 0 Å². The van der Waals surface area contributed by atoms with Crippen molar-refractivity contribution < 1.29 is 9.59 Å². The molecule has 1 fully saturated rings. The van der Waals surface area contributed by atoms with Gasteiger partial charge in [-0.15, -0.1) is 0 Å². The Morgan fingerprint density at radius 2 is 1.68 bits per heavy atom. The molecule has 0 atom stereocenters. The van der Waals surface area contributed by atoms with Crippen LogP contribution in [0, 0.1) is 11.8 Å². The normalized spacial score (nSPS) is 23.8. The molecule has 1 rings (SSSR count). The Hall–Kier alpha value is -1.06. The van der Waals surface area contributed by atoms with Crippen LogP contribution in [0.5, 0.6) is 0 Å². The molecule has 0 aromatic carbocycles. The molecule has 0 aliphatic heterocycles. The predicted molar refractivity (Wildman–Crippen MR) is 76.6 cm³/mol. The van der Waals surface area contributed by atoms with Crippen LogP contribution in [0.15, 0.2) is 0 Å². The molecule has 2 amide bonds. The lowest BCUT2D eigenvalue weighted by atomic mass is 9.82. The number of carbonyl (C=O) groups excluding carboxylic acids is 2. The predicted octanol–water partition coefficient (Wildman–Crippen LogP) is 2.23. The molecular formula is C15H28N2O2. The number of hydrogen-bond acceptors (Lipinski definition) is 2. The summed E-state index contributed by atoms with van der Waals surface area (Å²) in [5.74, 6) is 1.02. The minimum absolute atomic E-state index is 0.00920. The zero-order valence-corrected chi connectivity index (χ0v) is 12.7. The van der Waals surface area contributed by atoms with Crippen molar-refractivity contribution in [3.8, 4) is 0 Å². The summed E-state index contributed by atoms with van der Waals surface area (Å²) in [4.78, 5) is 23.5. The quantitative estimate of drug-likeness (QED) is 0.821. The van der Waals surface area contributed by atoms with Gasteiger partial charge in [0.15, 0.2) is 0 Å². The second-order valence-corrected chi connectivity index (χ2v) is 6.80. The molecule has 0 spiro atoms. The van der Waals surface area contributed by atoms with Crippen molar-refractivity contribution in [1.29, 1.82) is 0 Å². The topological polar surface area (TPSA) is 58.2 Å². The summed E-state index contributed by atoms with van der Waals surface area (Å²) in [7, 11) is 0. The highest BCUT2D eigenvalue weighted by Gasteiger charge is 2.24. The van der Waals surface area contributed by atoms with Gasteiger partial charge in [-0.05, 0) is 52.4 Å². The van der Waals surface area contributed by atoms with Gasteiger partial charge in [-0.3, -0.25) is 9.59 Å². The van der Waals surface area contributed by atoms with E-state index in [9.17, 15) is 9.59 Å². The van der Waals surface area contributed by atoms with Crippen molar-refractivity contribution in [2.24, 2.45) is 11.8 Å². The molecule has 4 nitrogen and oxygen atoms in total. The molecule has 0 heterocycles. The standard InChI is InChI=1S/C15H28N2O2/c1-11-5-7-12(8-6-11)14(19)16-10-9-13(18)17-15(2,3)4/h11-12H,5-10H2,1-4H3,(H,16,19)(H,17,18). The van der Waals surface area contributed by atoms with Gasteiger partial charge in [-0.25, -0.2) is 0 Å². The third kappa shape index (κ3) is 6.60. The molecule has 1 aliphatic rings. The first kappa shape index (κ1) is 16.0. The van der Waals surface area contributed by atoms with Crippen LogP contribution in [0.2, 0.25) is 0 Å². The molecule has 0 aromatic rings. The molecule has 4 heteroatoms. The van der Waals surface area contributed by atoms with E-state index in [0.717, 1.165) is 31.6 Å². The van der Waals surface area contributed by atoms with Crippen LogP contribution in [0.3, 0.4) is 0 Å². The van der Waals surface area contributed by atoms with Crippen LogP contribution >= 0.6 is 0 Å². The fourth-order valence-electron chi connectivity index (χ4n) is 2.45. The number of rotatable bonds is 4. The first-order chi connectivity index (χ1) is 8.78. The van der Waals surface area contributed by atoms with Crippen molar-refractivity contribution in [1.82, 2.24) is 10.6 Å². The van der Waals surface area contributed by atoms with E-state index in [1.54, 1.807) is 0 Å². The minimum atomic E-state index is -0.208. The average Bonchev–Trinajstić information content (AvgIpc) is 2.27. The summed E-state index contributed by atoms with van der Waals surface area (Å²) in [6, 6.07) is 0. The van der Waals surface area contributed by atoms with Gasteiger partial charge >= 0.3 is 0 Å². The maximum atomic E-state index is 11.9. The average molecular weight is 268 g/mol. The molecule has 2 N–H and O–H groups in total. The highest BCUT2D eigenvalue weighted by Crippen LogP contribution is 2.28. The second-order valence-electron chi connectivity index (χ2n) is 6.80. The van der Waals surface area contributed by atoms with E-state index in [1.165, 1.54) is 0 Å². The smallest absolute Gasteiger partial charge is 0.223 e. The monoisotopic (exact) mass is 268 g/mol. The molecule has 1 saturated carbocycles. The molecule has 0 saturated heterocycles. The van der Waals surface area contributed by atoms with Crippen molar-refractivity contribution in [3.05, 3.63) is 0 Å². The van der Waals surface area contributed by atoms with E-state index in [0.29, 0.717) is 13.0 Å². The van der Waals surface area contributed by atoms with Crippen molar-refractivity contribution in [3.63, 3.8) is 0 Å². The first-order valence-electron chi connectivity index (χ1n) is 7.36. The molecule has 1 aliphatic carbocycles. The van der Waals surface area contributed by atoms with Gasteiger partial charge in [0.25, 0.3) is 0 Å². The minimum Gasteiger partial charge on any atom is -0.355 e. The van der Waals surface area contributed by atoms with Crippen LogP contribution in [-0.4, -0.2) is 23.9 Å². The maximum Gasteiger partial charge on any atom is 0.223 e. The Kier molecular flexibility index (Phi) is 5.83. The summed E-state index contributed by atoms with van der Waals surface area (Å²) < 4.78 is 0. The summed E-state index contributed by atoms with van der Waals surface area (Å²) in [5.41, 5.74) is -0.208. The summed E-state index contributed by atoms with van der Waals surface area (Å²) >= 11 is 0. The maximum absolute atomic E-state index is 11.9. The molecule has 0 aromatic heterocycles. The number of nitrogens with one attached hydrogen (secondary N) is 2. The fraction of sp³-hybridized carbons (Fsp3) is 0.867. The second kappa shape index (κ2) is 6.92. The Balaban J connectivity index is 2.18. The van der Waals surface area contributed by atoms with Gasteiger partial charge in [-0.1, -0.05) is 6.92 Å². The van der Waals surface area contributed by atoms with Crippen molar-refractivity contribution in [2.45, 2.75) is 65.3 Å². The van der Waals surface area contributed by atoms with E-state index >= 15 is 0 Å². The van der Waals surface area contributed by atoms with Crippen LogP contribution in [0.25, 0.3) is 0 Å². The summed E-state index contributed by atoms with van der Waals surface area (Å²) in [6.45, 7) is 8.53. The van der Waals surface area contributed by atoms with Crippen LogP contribution in [0.4, 0.5) is 0 Å².